The minimum absolute atomic E-state index is 0.327. The van der Waals surface area contributed by atoms with Gasteiger partial charge in [-0.1, -0.05) is 165 Å². The van der Waals surface area contributed by atoms with Gasteiger partial charge in [0.15, 0.2) is 11.6 Å². The van der Waals surface area contributed by atoms with Crippen LogP contribution in [0.1, 0.15) is 86.5 Å². The molecule has 0 bridgehead atoms. The molecule has 1 aromatic heterocycles. The average molecular weight is 884 g/mol. The van der Waals surface area contributed by atoms with E-state index in [2.05, 4.69) is 185 Å². The quantitative estimate of drug-likeness (QED) is 0.174. The molecule has 8 atom stereocenters. The highest BCUT2D eigenvalue weighted by Crippen LogP contribution is 2.64. The highest BCUT2D eigenvalue weighted by molar-refractivity contribution is 8.01. The van der Waals surface area contributed by atoms with Gasteiger partial charge in [0.1, 0.15) is 0 Å². The smallest absolute Gasteiger partial charge is 0.230 e. The highest BCUT2D eigenvalue weighted by Gasteiger charge is 2.57. The Balaban J connectivity index is 0.977. The van der Waals surface area contributed by atoms with Crippen LogP contribution in [-0.4, -0.2) is 60.1 Å². The summed E-state index contributed by atoms with van der Waals surface area (Å²) in [7, 11) is 0. The number of hydrogen-bond acceptors (Lipinski definition) is 7. The van der Waals surface area contributed by atoms with E-state index in [9.17, 15) is 0 Å². The predicted octanol–water partition coefficient (Wildman–Crippen LogP) is 13.2. The molecule has 0 amide bonds. The molecular formula is C58H53N5S2. The zero-order valence-electron chi connectivity index (χ0n) is 36.7. The summed E-state index contributed by atoms with van der Waals surface area (Å²) in [4.78, 5) is 22.9. The van der Waals surface area contributed by atoms with Gasteiger partial charge in [0, 0.05) is 55.9 Å². The summed E-state index contributed by atoms with van der Waals surface area (Å²) in [5.41, 5.74) is 13.6. The molecule has 3 saturated carbocycles. The van der Waals surface area contributed by atoms with Crippen LogP contribution in [0.5, 0.6) is 0 Å². The number of nitrogens with zero attached hydrogens (tertiary/aromatic N) is 5. The van der Waals surface area contributed by atoms with Gasteiger partial charge in [-0.3, -0.25) is 0 Å². The fourth-order valence-electron chi connectivity index (χ4n) is 14.0. The largest absolute Gasteiger partial charge is 0.363 e. The van der Waals surface area contributed by atoms with E-state index >= 15 is 0 Å². The van der Waals surface area contributed by atoms with Crippen molar-refractivity contribution in [3.8, 4) is 45.0 Å². The maximum Gasteiger partial charge on any atom is 0.230 e. The van der Waals surface area contributed by atoms with Crippen molar-refractivity contribution in [2.75, 3.05) is 9.80 Å². The summed E-state index contributed by atoms with van der Waals surface area (Å²) in [6.07, 6.45) is 12.8. The van der Waals surface area contributed by atoms with Crippen molar-refractivity contribution in [2.24, 2.45) is 0 Å². The summed E-state index contributed by atoms with van der Waals surface area (Å²) in [6.45, 7) is 0. The topological polar surface area (TPSA) is 45.2 Å². The number of para-hydroxylation sites is 1. The third-order valence-electron chi connectivity index (χ3n) is 16.5. The summed E-state index contributed by atoms with van der Waals surface area (Å²) in [5.74, 6) is 2.43. The van der Waals surface area contributed by atoms with Crippen molar-refractivity contribution in [3.63, 3.8) is 0 Å². The zero-order chi connectivity index (χ0) is 42.6. The van der Waals surface area contributed by atoms with Crippen LogP contribution in [0.3, 0.4) is 0 Å². The van der Waals surface area contributed by atoms with E-state index in [0.717, 1.165) is 28.7 Å². The Hall–Kier alpha value is -5.37. The summed E-state index contributed by atoms with van der Waals surface area (Å²) >= 11 is 4.71. The van der Waals surface area contributed by atoms with E-state index in [1.54, 1.807) is 0 Å². The van der Waals surface area contributed by atoms with E-state index in [1.807, 2.05) is 0 Å². The Labute approximate surface area is 391 Å². The number of rotatable bonds is 4. The lowest BCUT2D eigenvalue weighted by Crippen LogP contribution is -2.71. The first-order valence-corrected chi connectivity index (χ1v) is 26.3. The van der Waals surface area contributed by atoms with Crippen LogP contribution in [0.25, 0.3) is 45.0 Å². The third kappa shape index (κ3) is 5.76. The molecule has 3 heterocycles. The average Bonchev–Trinajstić information content (AvgIpc) is 3.85. The molecule has 5 nitrogen and oxygen atoms in total. The van der Waals surface area contributed by atoms with Gasteiger partial charge < -0.3 is 9.80 Å². The maximum absolute atomic E-state index is 5.86. The van der Waals surface area contributed by atoms with Gasteiger partial charge in [-0.15, -0.1) is 11.8 Å². The molecule has 5 fully saturated rings. The second kappa shape index (κ2) is 15.4. The molecule has 7 aromatic rings. The maximum atomic E-state index is 5.86. The molecular weight excluding hydrogens is 831 g/mol. The monoisotopic (exact) mass is 883 g/mol. The van der Waals surface area contributed by atoms with Crippen molar-refractivity contribution in [1.82, 2.24) is 15.0 Å². The molecule has 0 N–H and O–H groups in total. The first-order chi connectivity index (χ1) is 32.3. The first-order valence-electron chi connectivity index (χ1n) is 24.4. The highest BCUT2D eigenvalue weighted by atomic mass is 32.2. The summed E-state index contributed by atoms with van der Waals surface area (Å²) < 4.78 is 0. The summed E-state index contributed by atoms with van der Waals surface area (Å²) in [5, 5.41) is 2.22. The van der Waals surface area contributed by atoms with Gasteiger partial charge in [-0.05, 0) is 95.2 Å². The van der Waals surface area contributed by atoms with Crippen molar-refractivity contribution in [3.05, 3.63) is 174 Å². The molecule has 7 aliphatic rings. The third-order valence-corrected chi connectivity index (χ3v) is 20.0. The molecule has 322 valence electrons. The van der Waals surface area contributed by atoms with Crippen molar-refractivity contribution < 1.29 is 0 Å². The predicted molar refractivity (Wildman–Crippen MR) is 270 cm³/mol. The minimum Gasteiger partial charge on any atom is -0.363 e. The van der Waals surface area contributed by atoms with Crippen LogP contribution in [0, 0.1) is 0 Å². The lowest BCUT2D eigenvalue weighted by Gasteiger charge is -2.62. The van der Waals surface area contributed by atoms with E-state index in [0.29, 0.717) is 45.2 Å². The number of hydrogen-bond donors (Lipinski definition) is 0. The second-order valence-corrected chi connectivity index (χ2v) is 22.5. The molecule has 65 heavy (non-hydrogen) atoms. The minimum atomic E-state index is -0.434. The zero-order valence-corrected chi connectivity index (χ0v) is 38.3. The molecule has 8 unspecified atom stereocenters. The van der Waals surface area contributed by atoms with E-state index < -0.39 is 5.41 Å². The Kier molecular flexibility index (Phi) is 9.18. The number of fused-ring (bicyclic) bond motifs is 15. The number of thioether (sulfide) groups is 2. The Morgan fingerprint density at radius 1 is 0.415 bits per heavy atom. The molecule has 1 spiro atoms. The second-order valence-electron chi connectivity index (χ2n) is 19.6. The van der Waals surface area contributed by atoms with Gasteiger partial charge in [0.2, 0.25) is 5.95 Å². The fraction of sp³-hybridized carbons (Fsp3) is 0.328. The van der Waals surface area contributed by atoms with Crippen molar-refractivity contribution >= 4 is 35.2 Å². The standard InChI is InChI=1S/C58H53N5S2/c1-3-18-36(19-4-1)55-59-56(41-25-17-29-45-52(41)40-24-9-12-28-44(40)58(45)42-26-10-7-22-38(42)39-23-8-11-27-43(39)58)61-57(60-55)63-47-31-14-15-32-49(47)64-51-35-34-48-54(53(51)63)65-50-33-16-13-30-46(50)62(48)37-20-5-2-6-21-37/h1-12,17-29,46-51,53-54H,13-16,30-35H2. The molecule has 0 radical (unpaired) electrons. The first kappa shape index (κ1) is 38.9. The van der Waals surface area contributed by atoms with Gasteiger partial charge in [-0.25, -0.2) is 4.98 Å². The number of aromatic nitrogens is 3. The van der Waals surface area contributed by atoms with Gasteiger partial charge in [0.05, 0.1) is 11.5 Å². The van der Waals surface area contributed by atoms with Crippen LogP contribution < -0.4 is 9.80 Å². The van der Waals surface area contributed by atoms with Gasteiger partial charge in [0.25, 0.3) is 0 Å². The van der Waals surface area contributed by atoms with Crippen LogP contribution in [-0.2, 0) is 5.41 Å². The molecule has 6 aromatic carbocycles. The molecule has 2 aliphatic heterocycles. The molecule has 14 rings (SSSR count). The number of anilines is 2. The van der Waals surface area contributed by atoms with Crippen LogP contribution in [0.2, 0.25) is 0 Å². The molecule has 2 saturated heterocycles. The van der Waals surface area contributed by atoms with E-state index in [-0.39, 0.29) is 0 Å². The Morgan fingerprint density at radius 2 is 0.969 bits per heavy atom. The lowest BCUT2D eigenvalue weighted by atomic mass is 9.70. The lowest BCUT2D eigenvalue weighted by molar-refractivity contribution is 0.281. The molecule has 7 heteroatoms. The fourth-order valence-corrected chi connectivity index (χ4v) is 18.1. The number of benzene rings is 6. The van der Waals surface area contributed by atoms with Crippen LogP contribution >= 0.6 is 23.5 Å². The molecule has 5 aliphatic carbocycles. The van der Waals surface area contributed by atoms with Gasteiger partial charge in [-0.2, -0.15) is 21.7 Å². The Bertz CT molecular complexity index is 2910. The Morgan fingerprint density at radius 3 is 1.69 bits per heavy atom. The van der Waals surface area contributed by atoms with Crippen molar-refractivity contribution in [2.45, 2.75) is 115 Å². The SMILES string of the molecule is c1ccc(-c2nc(-c3cccc4c3-c3ccccc3C43c4ccccc4-c4ccccc43)nc(N3C4CCCCC4SC4CCC5C(SC6CCCCC6N5c5ccccc5)C43)n2)cc1. The van der Waals surface area contributed by atoms with E-state index in [4.69, 9.17) is 15.0 Å². The van der Waals surface area contributed by atoms with E-state index in [1.165, 1.54) is 114 Å². The van der Waals surface area contributed by atoms with Gasteiger partial charge >= 0.3 is 0 Å². The van der Waals surface area contributed by atoms with Crippen LogP contribution in [0.4, 0.5) is 11.6 Å². The van der Waals surface area contributed by atoms with Crippen molar-refractivity contribution in [1.29, 1.82) is 0 Å². The summed E-state index contributed by atoms with van der Waals surface area (Å²) in [6, 6.07) is 58.3. The normalized spacial score (nSPS) is 27.6. The van der Waals surface area contributed by atoms with Crippen LogP contribution in [0.15, 0.2) is 152 Å².